The quantitative estimate of drug-likeness (QED) is 0.0128. The van der Waals surface area contributed by atoms with Crippen molar-refractivity contribution in [1.82, 2.24) is 0 Å². The fourth-order valence-corrected chi connectivity index (χ4v) is 12.1. The molecule has 0 aromatic heterocycles. The van der Waals surface area contributed by atoms with Gasteiger partial charge in [-0.2, -0.15) is 0 Å². The number of aliphatic hydroxyl groups is 1. The largest absolute Gasteiger partial charge is 0.472 e. The molecule has 3 N–H and O–H groups in total. The minimum atomic E-state index is -4.99. The van der Waals surface area contributed by atoms with Crippen LogP contribution in [0.15, 0.2) is 109 Å². The second-order valence-electron chi connectivity index (χ2n) is 26.7. The van der Waals surface area contributed by atoms with Gasteiger partial charge in [0.05, 0.1) is 26.4 Å². The summed E-state index contributed by atoms with van der Waals surface area (Å²) in [5, 5.41) is 10.6. The van der Waals surface area contributed by atoms with Crippen LogP contribution >= 0.6 is 15.6 Å². The minimum Gasteiger partial charge on any atom is -0.462 e. The average Bonchev–Trinajstić information content (AvgIpc) is 0.923. The summed E-state index contributed by atoms with van der Waals surface area (Å²) in [5.74, 6) is -2.27. The summed E-state index contributed by atoms with van der Waals surface area (Å²) in [6, 6.07) is 0. The molecule has 0 aliphatic heterocycles. The Labute approximate surface area is 619 Å². The van der Waals surface area contributed by atoms with Crippen molar-refractivity contribution in [2.24, 2.45) is 0 Å². The average molecular weight is 1480 g/mol. The van der Waals surface area contributed by atoms with Crippen LogP contribution in [-0.2, 0) is 65.4 Å². The van der Waals surface area contributed by atoms with Gasteiger partial charge in [0.25, 0.3) is 0 Å². The van der Waals surface area contributed by atoms with Gasteiger partial charge in [0.1, 0.15) is 19.3 Å². The van der Waals surface area contributed by atoms with Gasteiger partial charge in [-0.05, 0) is 148 Å². The molecular formula is C83H144O17P2. The number of unbranched alkanes of at least 4 members (excludes halogenated alkanes) is 32. The molecule has 588 valence electrons. The van der Waals surface area contributed by atoms with E-state index in [1.165, 1.54) is 103 Å². The number of allylic oxidation sites excluding steroid dienone is 18. The summed E-state index contributed by atoms with van der Waals surface area (Å²) in [6.07, 6.45) is 80.7. The third-order valence-corrected chi connectivity index (χ3v) is 18.6. The summed E-state index contributed by atoms with van der Waals surface area (Å²) in [7, 11) is -9.98. The molecule has 17 nitrogen and oxygen atoms in total. The number of ether oxygens (including phenoxy) is 4. The maximum atomic E-state index is 13.1. The van der Waals surface area contributed by atoms with Gasteiger partial charge in [0.2, 0.25) is 0 Å². The summed E-state index contributed by atoms with van der Waals surface area (Å²) in [4.78, 5) is 73.0. The van der Waals surface area contributed by atoms with Crippen molar-refractivity contribution >= 4 is 39.5 Å². The number of carbonyl (C=O) groups is 4. The van der Waals surface area contributed by atoms with E-state index in [2.05, 4.69) is 125 Å². The number of hydrogen-bond acceptors (Lipinski definition) is 15. The number of aliphatic hydroxyl groups excluding tert-OH is 1. The SMILES string of the molecule is CCCCC/C=C\C/C=C\C/C=C\C/C=C\CCCC(=O)OC[C@H](COP(=O)(O)OC[C@@H](O)COP(=O)(O)OC[C@@H](COC(=O)CCCCCCC/C=C\CCCCCCCC)OC(=O)CCCCCCC/C=C\C/C=C\CCCCC)OC(=O)CCCCCCC/C=C\C=C/CCCCCC. The van der Waals surface area contributed by atoms with Crippen molar-refractivity contribution in [3.63, 3.8) is 0 Å². The monoisotopic (exact) mass is 1470 g/mol. The molecule has 0 saturated carbocycles. The Hall–Kier alpha value is -4.28. The van der Waals surface area contributed by atoms with Gasteiger partial charge in [-0.1, -0.05) is 272 Å². The second-order valence-corrected chi connectivity index (χ2v) is 29.6. The van der Waals surface area contributed by atoms with Crippen molar-refractivity contribution in [1.29, 1.82) is 0 Å². The molecule has 19 heteroatoms. The van der Waals surface area contributed by atoms with Crippen molar-refractivity contribution < 1.29 is 80.2 Å². The van der Waals surface area contributed by atoms with E-state index in [9.17, 15) is 43.2 Å². The van der Waals surface area contributed by atoms with Crippen molar-refractivity contribution in [2.75, 3.05) is 39.6 Å². The molecule has 0 bridgehead atoms. The lowest BCUT2D eigenvalue weighted by Gasteiger charge is -2.21. The van der Waals surface area contributed by atoms with Crippen LogP contribution in [-0.4, -0.2) is 96.7 Å². The Morgan fingerprint density at radius 3 is 0.873 bits per heavy atom. The molecule has 5 atom stereocenters. The van der Waals surface area contributed by atoms with Gasteiger partial charge < -0.3 is 33.8 Å². The molecule has 0 spiro atoms. The number of phosphoric acid groups is 2. The topological polar surface area (TPSA) is 237 Å². The molecule has 0 heterocycles. The zero-order valence-corrected chi connectivity index (χ0v) is 66.0. The molecule has 0 aromatic rings. The molecule has 102 heavy (non-hydrogen) atoms. The first-order valence-corrected chi connectivity index (χ1v) is 43.1. The van der Waals surface area contributed by atoms with E-state index in [0.717, 1.165) is 148 Å². The Morgan fingerprint density at radius 2 is 0.520 bits per heavy atom. The van der Waals surface area contributed by atoms with E-state index >= 15 is 0 Å². The van der Waals surface area contributed by atoms with E-state index in [1.807, 2.05) is 12.2 Å². The van der Waals surface area contributed by atoms with Crippen molar-refractivity contribution in [3.05, 3.63) is 109 Å². The Balaban J connectivity index is 5.43. The smallest absolute Gasteiger partial charge is 0.462 e. The standard InChI is InChI=1S/C83H144O17P2/c1-5-9-13-17-21-25-29-33-37-38-42-44-48-52-56-60-64-68-81(86)94-74-79(100-83(88)70-66-62-58-54-50-46-41-36-32-28-24-20-16-12-8-4)76-98-102(91,92)96-72-77(84)71-95-101(89,90)97-75-78(99-82(87)69-65-61-57-53-49-45-40-35-31-27-23-19-15-11-7-3)73-93-80(85)67-63-59-55-51-47-43-39-34-30-26-22-18-14-10-6-2/h21,23,25,27-28,32-37,39-42,44,52,56,77-79,84H,5-20,22,24,26,29-31,38,43,45-51,53-55,57-76H2,1-4H3,(H,89,90)(H,91,92)/b25-21-,27-23-,32-28-,37-33-,39-34-,40-35-,41-36-,44-42-,56-52-/t77-,78+,79+/m0/s1. The number of rotatable bonds is 75. The van der Waals surface area contributed by atoms with Crippen LogP contribution in [0.4, 0.5) is 0 Å². The first kappa shape index (κ1) is 97.7. The molecule has 0 radical (unpaired) electrons. The number of phosphoric ester groups is 2. The molecule has 0 aromatic carbocycles. The van der Waals surface area contributed by atoms with Crippen LogP contribution in [0.3, 0.4) is 0 Å². The zero-order valence-electron chi connectivity index (χ0n) is 64.3. The Kier molecular flexibility index (Phi) is 71.8. The first-order valence-electron chi connectivity index (χ1n) is 40.1. The van der Waals surface area contributed by atoms with Crippen molar-refractivity contribution in [2.45, 2.75) is 354 Å². The van der Waals surface area contributed by atoms with Gasteiger partial charge in [-0.15, -0.1) is 0 Å². The predicted octanol–water partition coefficient (Wildman–Crippen LogP) is 23.3. The summed E-state index contributed by atoms with van der Waals surface area (Å²) in [5.41, 5.74) is 0. The maximum absolute atomic E-state index is 13.1. The van der Waals surface area contributed by atoms with Gasteiger partial charge in [0, 0.05) is 25.7 Å². The first-order chi connectivity index (χ1) is 49.7. The number of hydrogen-bond donors (Lipinski definition) is 3. The normalized spacial score (nSPS) is 14.5. The van der Waals surface area contributed by atoms with Crippen LogP contribution in [0.1, 0.15) is 336 Å². The lowest BCUT2D eigenvalue weighted by Crippen LogP contribution is -2.30. The van der Waals surface area contributed by atoms with Crippen LogP contribution in [0.25, 0.3) is 0 Å². The van der Waals surface area contributed by atoms with Crippen LogP contribution in [0.5, 0.6) is 0 Å². The van der Waals surface area contributed by atoms with E-state index in [1.54, 1.807) is 0 Å². The van der Waals surface area contributed by atoms with E-state index in [0.29, 0.717) is 32.1 Å². The molecule has 2 unspecified atom stereocenters. The summed E-state index contributed by atoms with van der Waals surface area (Å²) >= 11 is 0. The van der Waals surface area contributed by atoms with Crippen LogP contribution in [0.2, 0.25) is 0 Å². The fraction of sp³-hybridized carbons (Fsp3) is 0.735. The number of esters is 4. The highest BCUT2D eigenvalue weighted by molar-refractivity contribution is 7.47. The molecule has 0 fully saturated rings. The number of carbonyl (C=O) groups excluding carboxylic acids is 4. The molecule has 0 aliphatic rings. The summed E-state index contributed by atoms with van der Waals surface area (Å²) < 4.78 is 68.5. The van der Waals surface area contributed by atoms with Crippen LogP contribution < -0.4 is 0 Å². The Bertz CT molecular complexity index is 2360. The third kappa shape index (κ3) is 74.0. The lowest BCUT2D eigenvalue weighted by molar-refractivity contribution is -0.161. The Morgan fingerprint density at radius 1 is 0.284 bits per heavy atom. The predicted molar refractivity (Wildman–Crippen MR) is 418 cm³/mol. The highest BCUT2D eigenvalue weighted by atomic mass is 31.2. The molecule has 0 aliphatic carbocycles. The highest BCUT2D eigenvalue weighted by Gasteiger charge is 2.30. The third-order valence-electron chi connectivity index (χ3n) is 16.7. The molecule has 0 saturated heterocycles. The van der Waals surface area contributed by atoms with Gasteiger partial charge in [0.15, 0.2) is 12.2 Å². The fourth-order valence-electron chi connectivity index (χ4n) is 10.5. The van der Waals surface area contributed by atoms with Gasteiger partial charge >= 0.3 is 39.5 Å². The van der Waals surface area contributed by atoms with Gasteiger partial charge in [-0.3, -0.25) is 37.3 Å². The highest BCUT2D eigenvalue weighted by Crippen LogP contribution is 2.45. The molecular weight excluding hydrogens is 1330 g/mol. The molecule has 0 rings (SSSR count). The maximum Gasteiger partial charge on any atom is 0.472 e. The molecule has 0 amide bonds. The second kappa shape index (κ2) is 75.0. The van der Waals surface area contributed by atoms with E-state index in [-0.39, 0.29) is 25.7 Å². The lowest BCUT2D eigenvalue weighted by atomic mass is 10.1. The van der Waals surface area contributed by atoms with Crippen molar-refractivity contribution in [3.8, 4) is 0 Å². The minimum absolute atomic E-state index is 0.0644. The van der Waals surface area contributed by atoms with E-state index in [4.69, 9.17) is 37.0 Å². The van der Waals surface area contributed by atoms with E-state index < -0.39 is 97.5 Å². The van der Waals surface area contributed by atoms with Crippen LogP contribution in [0, 0.1) is 0 Å². The van der Waals surface area contributed by atoms with Gasteiger partial charge in [-0.25, -0.2) is 9.13 Å². The summed E-state index contributed by atoms with van der Waals surface area (Å²) in [6.45, 7) is 4.72. The zero-order chi connectivity index (χ0) is 74.6.